The number of carbonyl (C=O) groups excluding carboxylic acids is 1. The van der Waals surface area contributed by atoms with Gasteiger partial charge in [0.25, 0.3) is 0 Å². The molecule has 0 atom stereocenters. The lowest BCUT2D eigenvalue weighted by atomic mass is 10.3. The predicted octanol–water partition coefficient (Wildman–Crippen LogP) is 0.217. The van der Waals surface area contributed by atoms with Crippen molar-refractivity contribution in [2.75, 3.05) is 44.2 Å². The molecular weight excluding hydrogens is 292 g/mol. The molecule has 2 aromatic heterocycles. The van der Waals surface area contributed by atoms with Gasteiger partial charge in [-0.3, -0.25) is 9.48 Å². The van der Waals surface area contributed by atoms with Gasteiger partial charge >= 0.3 is 0 Å². The van der Waals surface area contributed by atoms with Crippen LogP contribution >= 0.6 is 0 Å². The molecule has 1 amide bonds. The summed E-state index contributed by atoms with van der Waals surface area (Å²) < 4.78 is 1.85. The minimum absolute atomic E-state index is 0.158. The van der Waals surface area contributed by atoms with Crippen LogP contribution in [0.2, 0.25) is 0 Å². The van der Waals surface area contributed by atoms with Crippen LogP contribution in [0.15, 0.2) is 42.9 Å². The van der Waals surface area contributed by atoms with Gasteiger partial charge in [0.15, 0.2) is 0 Å². The first-order valence-corrected chi connectivity index (χ1v) is 7.95. The number of anilines is 1. The largest absolute Gasteiger partial charge is 0.353 e. The Morgan fingerprint density at radius 1 is 1.13 bits per heavy atom. The minimum Gasteiger partial charge on any atom is -0.353 e. The van der Waals surface area contributed by atoms with E-state index in [2.05, 4.69) is 20.3 Å². The number of nitrogens with one attached hydrogen (secondary N) is 1. The van der Waals surface area contributed by atoms with E-state index in [0.717, 1.165) is 45.1 Å². The van der Waals surface area contributed by atoms with E-state index in [1.54, 1.807) is 12.4 Å². The Morgan fingerprint density at radius 3 is 2.70 bits per heavy atom. The molecule has 1 saturated heterocycles. The van der Waals surface area contributed by atoms with Gasteiger partial charge in [0.2, 0.25) is 5.91 Å². The summed E-state index contributed by atoms with van der Waals surface area (Å²) >= 11 is 0. The summed E-state index contributed by atoms with van der Waals surface area (Å²) in [5.74, 6) is 1.14. The lowest BCUT2D eigenvalue weighted by Crippen LogP contribution is -2.51. The monoisotopic (exact) mass is 314 g/mol. The van der Waals surface area contributed by atoms with E-state index >= 15 is 0 Å². The molecule has 0 bridgehead atoms. The molecule has 7 nitrogen and oxygen atoms in total. The number of pyridine rings is 1. The van der Waals surface area contributed by atoms with Crippen molar-refractivity contribution >= 4 is 11.7 Å². The average Bonchev–Trinajstić information content (AvgIpc) is 3.13. The first-order valence-electron chi connectivity index (χ1n) is 7.95. The number of rotatable bonds is 6. The molecule has 122 valence electrons. The topological polar surface area (TPSA) is 66.3 Å². The van der Waals surface area contributed by atoms with Crippen LogP contribution in [-0.4, -0.2) is 64.8 Å². The second kappa shape index (κ2) is 7.73. The molecule has 0 saturated carbocycles. The van der Waals surface area contributed by atoms with Crippen LogP contribution in [-0.2, 0) is 11.3 Å². The fourth-order valence-electron chi connectivity index (χ4n) is 2.66. The third kappa shape index (κ3) is 4.29. The highest BCUT2D eigenvalue weighted by Gasteiger charge is 2.21. The number of aromatic nitrogens is 3. The molecule has 2 aromatic rings. The van der Waals surface area contributed by atoms with Crippen molar-refractivity contribution in [1.82, 2.24) is 25.0 Å². The summed E-state index contributed by atoms with van der Waals surface area (Å²) in [5, 5.41) is 7.32. The molecule has 1 aliphatic heterocycles. The van der Waals surface area contributed by atoms with Crippen LogP contribution in [0, 0.1) is 0 Å². The van der Waals surface area contributed by atoms with E-state index in [1.165, 1.54) is 0 Å². The van der Waals surface area contributed by atoms with Crippen LogP contribution < -0.4 is 10.2 Å². The summed E-state index contributed by atoms with van der Waals surface area (Å²) in [6.45, 7) is 5.04. The van der Waals surface area contributed by atoms with Crippen molar-refractivity contribution in [2.45, 2.75) is 6.54 Å². The van der Waals surface area contributed by atoms with E-state index < -0.39 is 0 Å². The number of hydrogen-bond acceptors (Lipinski definition) is 5. The number of amides is 1. The van der Waals surface area contributed by atoms with E-state index in [4.69, 9.17) is 0 Å². The summed E-state index contributed by atoms with van der Waals surface area (Å²) in [6, 6.07) is 7.81. The van der Waals surface area contributed by atoms with Gasteiger partial charge in [-0.15, -0.1) is 0 Å². The van der Waals surface area contributed by atoms with Crippen molar-refractivity contribution in [3.8, 4) is 0 Å². The molecule has 3 rings (SSSR count). The van der Waals surface area contributed by atoms with Gasteiger partial charge in [0, 0.05) is 51.3 Å². The maximum Gasteiger partial charge on any atom is 0.236 e. The predicted molar refractivity (Wildman–Crippen MR) is 88.1 cm³/mol. The second-order valence-corrected chi connectivity index (χ2v) is 5.50. The fraction of sp³-hybridized carbons (Fsp3) is 0.438. The van der Waals surface area contributed by atoms with Crippen molar-refractivity contribution in [3.05, 3.63) is 42.9 Å². The van der Waals surface area contributed by atoms with Gasteiger partial charge in [-0.1, -0.05) is 6.07 Å². The minimum atomic E-state index is 0.158. The van der Waals surface area contributed by atoms with E-state index in [9.17, 15) is 4.79 Å². The summed E-state index contributed by atoms with van der Waals surface area (Å²) in [7, 11) is 0. The smallest absolute Gasteiger partial charge is 0.236 e. The molecule has 23 heavy (non-hydrogen) atoms. The van der Waals surface area contributed by atoms with E-state index in [0.29, 0.717) is 6.54 Å². The molecule has 3 heterocycles. The number of piperazine rings is 1. The van der Waals surface area contributed by atoms with Gasteiger partial charge in [-0.05, 0) is 18.2 Å². The Bertz CT molecular complexity index is 592. The van der Waals surface area contributed by atoms with E-state index in [1.807, 2.05) is 40.0 Å². The maximum absolute atomic E-state index is 12.2. The molecule has 0 radical (unpaired) electrons. The van der Waals surface area contributed by atoms with Gasteiger partial charge in [0.1, 0.15) is 5.82 Å². The van der Waals surface area contributed by atoms with Crippen LogP contribution in [0.25, 0.3) is 0 Å². The fourth-order valence-corrected chi connectivity index (χ4v) is 2.66. The zero-order valence-corrected chi connectivity index (χ0v) is 13.1. The molecule has 1 aliphatic rings. The molecule has 7 heteroatoms. The normalized spacial score (nSPS) is 15.0. The molecule has 0 spiro atoms. The second-order valence-electron chi connectivity index (χ2n) is 5.50. The first-order chi connectivity index (χ1) is 11.3. The lowest BCUT2D eigenvalue weighted by Gasteiger charge is -2.35. The Labute approximate surface area is 135 Å². The number of hydrogen-bond donors (Lipinski definition) is 1. The van der Waals surface area contributed by atoms with Crippen molar-refractivity contribution in [1.29, 1.82) is 0 Å². The lowest BCUT2D eigenvalue weighted by molar-refractivity contribution is -0.130. The van der Waals surface area contributed by atoms with Gasteiger partial charge < -0.3 is 15.1 Å². The Morgan fingerprint density at radius 2 is 2.00 bits per heavy atom. The van der Waals surface area contributed by atoms with Gasteiger partial charge in [0.05, 0.1) is 13.1 Å². The zero-order chi connectivity index (χ0) is 15.9. The number of carbonyl (C=O) groups is 1. The summed E-state index contributed by atoms with van der Waals surface area (Å²) in [6.07, 6.45) is 5.48. The molecule has 0 unspecified atom stereocenters. The molecule has 0 aliphatic carbocycles. The molecule has 1 N–H and O–H groups in total. The van der Waals surface area contributed by atoms with Crippen LogP contribution in [0.4, 0.5) is 5.82 Å². The summed E-state index contributed by atoms with van der Waals surface area (Å²) in [5.41, 5.74) is 0. The highest BCUT2D eigenvalue weighted by molar-refractivity contribution is 5.78. The third-order valence-corrected chi connectivity index (χ3v) is 3.96. The molecule has 0 aromatic carbocycles. The SMILES string of the molecule is O=C(CNCCn1cccn1)N1CCN(c2ccccn2)CC1. The van der Waals surface area contributed by atoms with Crippen molar-refractivity contribution < 1.29 is 4.79 Å². The summed E-state index contributed by atoms with van der Waals surface area (Å²) in [4.78, 5) is 20.7. The standard InChI is InChI=1S/C16H22N6O/c23-16(14-17-7-9-22-8-3-6-19-22)21-12-10-20(11-13-21)15-4-1-2-5-18-15/h1-6,8,17H,7,9-14H2. The van der Waals surface area contributed by atoms with Crippen molar-refractivity contribution in [3.63, 3.8) is 0 Å². The highest BCUT2D eigenvalue weighted by atomic mass is 16.2. The zero-order valence-electron chi connectivity index (χ0n) is 13.1. The van der Waals surface area contributed by atoms with Crippen LogP contribution in [0.3, 0.4) is 0 Å². The number of nitrogens with zero attached hydrogens (tertiary/aromatic N) is 5. The first kappa shape index (κ1) is 15.5. The van der Waals surface area contributed by atoms with Gasteiger partial charge in [-0.2, -0.15) is 5.10 Å². The van der Waals surface area contributed by atoms with Gasteiger partial charge in [-0.25, -0.2) is 4.98 Å². The maximum atomic E-state index is 12.2. The third-order valence-electron chi connectivity index (χ3n) is 3.96. The highest BCUT2D eigenvalue weighted by Crippen LogP contribution is 2.12. The van der Waals surface area contributed by atoms with Crippen LogP contribution in [0.5, 0.6) is 0 Å². The van der Waals surface area contributed by atoms with E-state index in [-0.39, 0.29) is 5.91 Å². The molecular formula is C16H22N6O. The average molecular weight is 314 g/mol. The van der Waals surface area contributed by atoms with Crippen LogP contribution in [0.1, 0.15) is 0 Å². The quantitative estimate of drug-likeness (QED) is 0.773. The Balaban J connectivity index is 1.36. The van der Waals surface area contributed by atoms with Crippen molar-refractivity contribution in [2.24, 2.45) is 0 Å². The Hall–Kier alpha value is -2.41. The molecule has 1 fully saturated rings. The Kier molecular flexibility index (Phi) is 5.21.